The molecule has 0 saturated heterocycles. The summed E-state index contributed by atoms with van der Waals surface area (Å²) in [4.78, 5) is 0. The third-order valence-electron chi connectivity index (χ3n) is 3.10. The number of hydrogen-bond donors (Lipinski definition) is 0. The van der Waals surface area contributed by atoms with Gasteiger partial charge in [0.25, 0.3) is 0 Å². The largest absolute Gasteiger partial charge is 0.0836 e. The highest BCUT2D eigenvalue weighted by Crippen LogP contribution is 2.29. The molecule has 0 aromatic heterocycles. The van der Waals surface area contributed by atoms with E-state index in [9.17, 15) is 0 Å². The highest BCUT2D eigenvalue weighted by atomic mass is 14.1. The van der Waals surface area contributed by atoms with Crippen molar-refractivity contribution in [2.24, 2.45) is 0 Å². The first kappa shape index (κ1) is 10.1. The lowest BCUT2D eigenvalue weighted by atomic mass is 9.97. The highest BCUT2D eigenvalue weighted by Gasteiger charge is 2.03. The minimum Gasteiger partial charge on any atom is -0.0836 e. The van der Waals surface area contributed by atoms with Crippen LogP contribution < -0.4 is 0 Å². The molecule has 0 fully saturated rings. The predicted molar refractivity (Wildman–Crippen MR) is 75.8 cm³/mol. The fourth-order valence-electron chi connectivity index (χ4n) is 2.35. The molecule has 0 amide bonds. The number of benzene rings is 3. The molecule has 3 aromatic carbocycles. The van der Waals surface area contributed by atoms with Crippen LogP contribution in [0.25, 0.3) is 27.6 Å². The van der Waals surface area contributed by atoms with Crippen molar-refractivity contribution in [3.05, 3.63) is 73.2 Å². The van der Waals surface area contributed by atoms with Crippen molar-refractivity contribution in [1.29, 1.82) is 0 Å². The van der Waals surface area contributed by atoms with E-state index >= 15 is 0 Å². The van der Waals surface area contributed by atoms with Gasteiger partial charge in [-0.25, -0.2) is 0 Å². The smallest absolute Gasteiger partial charge is 0.00994 e. The van der Waals surface area contributed by atoms with E-state index in [-0.39, 0.29) is 0 Å². The van der Waals surface area contributed by atoms with Crippen molar-refractivity contribution in [2.75, 3.05) is 0 Å². The molecule has 0 nitrogen and oxygen atoms in total. The normalized spacial score (nSPS) is 11.6. The molecule has 0 heterocycles. The zero-order chi connectivity index (χ0) is 11.7. The molecule has 0 heteroatoms. The standard InChI is InChI=1S/C17H13/c1-2-7-13-12-14-8-3-4-9-16(14)17-11-6-5-10-15(13)17/h2-12H,1H2/b7-2+. The molecule has 0 aliphatic carbocycles. The fourth-order valence-corrected chi connectivity index (χ4v) is 2.35. The van der Waals surface area contributed by atoms with Gasteiger partial charge in [-0.05, 0) is 40.1 Å². The quantitative estimate of drug-likeness (QED) is 0.511. The summed E-state index contributed by atoms with van der Waals surface area (Å²) >= 11 is 0. The summed E-state index contributed by atoms with van der Waals surface area (Å²) in [5.74, 6) is 0. The van der Waals surface area contributed by atoms with Crippen molar-refractivity contribution < 1.29 is 0 Å². The Labute approximate surface area is 101 Å². The van der Waals surface area contributed by atoms with Gasteiger partial charge in [-0.15, -0.1) is 0 Å². The Kier molecular flexibility index (Phi) is 2.41. The number of fused-ring (bicyclic) bond motifs is 3. The molecule has 17 heavy (non-hydrogen) atoms. The number of hydrogen-bond acceptors (Lipinski definition) is 0. The van der Waals surface area contributed by atoms with Gasteiger partial charge in [0.15, 0.2) is 0 Å². The number of rotatable bonds is 1. The lowest BCUT2D eigenvalue weighted by molar-refractivity contribution is 1.74. The van der Waals surface area contributed by atoms with E-state index in [0.29, 0.717) is 0 Å². The van der Waals surface area contributed by atoms with E-state index in [4.69, 9.17) is 0 Å². The van der Waals surface area contributed by atoms with E-state index in [2.05, 4.69) is 67.6 Å². The van der Waals surface area contributed by atoms with Gasteiger partial charge in [-0.1, -0.05) is 60.7 Å². The van der Waals surface area contributed by atoms with Gasteiger partial charge in [0, 0.05) is 0 Å². The van der Waals surface area contributed by atoms with Gasteiger partial charge < -0.3 is 0 Å². The first-order valence-corrected chi connectivity index (χ1v) is 5.76. The van der Waals surface area contributed by atoms with E-state index in [1.807, 2.05) is 6.08 Å². The Morgan fingerprint density at radius 1 is 0.765 bits per heavy atom. The van der Waals surface area contributed by atoms with Crippen LogP contribution in [0.2, 0.25) is 0 Å². The van der Waals surface area contributed by atoms with Gasteiger partial charge in [0.2, 0.25) is 0 Å². The molecular formula is C17H13. The Balaban J connectivity index is 2.54. The van der Waals surface area contributed by atoms with Crippen molar-refractivity contribution in [1.82, 2.24) is 0 Å². The molecule has 1 radical (unpaired) electrons. The minimum absolute atomic E-state index is 1.23. The third-order valence-corrected chi connectivity index (χ3v) is 3.10. The van der Waals surface area contributed by atoms with Crippen LogP contribution in [0.4, 0.5) is 0 Å². The Morgan fingerprint density at radius 2 is 1.41 bits per heavy atom. The maximum Gasteiger partial charge on any atom is -0.00994 e. The molecule has 0 aliphatic heterocycles. The molecule has 3 rings (SSSR count). The van der Waals surface area contributed by atoms with Gasteiger partial charge in [0.05, 0.1) is 0 Å². The summed E-state index contributed by atoms with van der Waals surface area (Å²) in [6.45, 7) is 3.79. The fraction of sp³-hybridized carbons (Fsp3) is 0. The second-order valence-electron chi connectivity index (χ2n) is 4.13. The molecule has 0 N–H and O–H groups in total. The van der Waals surface area contributed by atoms with Crippen LogP contribution in [0.5, 0.6) is 0 Å². The van der Waals surface area contributed by atoms with Crippen molar-refractivity contribution in [3.63, 3.8) is 0 Å². The predicted octanol–water partition coefficient (Wildman–Crippen LogP) is 4.84. The topological polar surface area (TPSA) is 0 Å². The maximum atomic E-state index is 3.79. The molecule has 0 spiro atoms. The lowest BCUT2D eigenvalue weighted by Gasteiger charge is -2.07. The first-order valence-electron chi connectivity index (χ1n) is 5.76. The monoisotopic (exact) mass is 217 g/mol. The average molecular weight is 217 g/mol. The van der Waals surface area contributed by atoms with Gasteiger partial charge in [-0.2, -0.15) is 0 Å². The molecule has 0 bridgehead atoms. The summed E-state index contributed by atoms with van der Waals surface area (Å²) in [6.07, 6.45) is 3.91. The van der Waals surface area contributed by atoms with E-state index in [1.165, 1.54) is 27.1 Å². The van der Waals surface area contributed by atoms with Crippen molar-refractivity contribution in [2.45, 2.75) is 0 Å². The summed E-state index contributed by atoms with van der Waals surface area (Å²) in [6, 6.07) is 19.2. The second-order valence-corrected chi connectivity index (χ2v) is 4.13. The zero-order valence-electron chi connectivity index (χ0n) is 9.56. The van der Waals surface area contributed by atoms with Crippen LogP contribution in [-0.4, -0.2) is 0 Å². The van der Waals surface area contributed by atoms with E-state index < -0.39 is 0 Å². The first-order chi connectivity index (χ1) is 8.40. The van der Waals surface area contributed by atoms with Crippen LogP contribution in [-0.2, 0) is 0 Å². The Bertz CT molecular complexity index is 705. The van der Waals surface area contributed by atoms with Gasteiger partial charge >= 0.3 is 0 Å². The van der Waals surface area contributed by atoms with Crippen molar-refractivity contribution in [3.8, 4) is 0 Å². The maximum absolute atomic E-state index is 3.79. The Morgan fingerprint density at radius 3 is 2.18 bits per heavy atom. The Hall–Kier alpha value is -2.08. The van der Waals surface area contributed by atoms with Gasteiger partial charge in [-0.3, -0.25) is 0 Å². The van der Waals surface area contributed by atoms with Crippen LogP contribution in [0, 0.1) is 6.92 Å². The molecule has 0 atom stereocenters. The van der Waals surface area contributed by atoms with Crippen LogP contribution >= 0.6 is 0 Å². The van der Waals surface area contributed by atoms with Crippen LogP contribution in [0.15, 0.2) is 60.7 Å². The molecule has 0 aliphatic rings. The molecule has 0 unspecified atom stereocenters. The zero-order valence-corrected chi connectivity index (χ0v) is 9.56. The second kappa shape index (κ2) is 4.06. The van der Waals surface area contributed by atoms with E-state index in [1.54, 1.807) is 0 Å². The van der Waals surface area contributed by atoms with Crippen LogP contribution in [0.1, 0.15) is 5.56 Å². The summed E-state index contributed by atoms with van der Waals surface area (Å²) < 4.78 is 0. The molecule has 81 valence electrons. The summed E-state index contributed by atoms with van der Waals surface area (Å²) in [7, 11) is 0. The number of allylic oxidation sites excluding steroid dienone is 1. The molecule has 3 aromatic rings. The van der Waals surface area contributed by atoms with Gasteiger partial charge in [0.1, 0.15) is 0 Å². The van der Waals surface area contributed by atoms with Crippen LogP contribution in [0.3, 0.4) is 0 Å². The lowest BCUT2D eigenvalue weighted by Crippen LogP contribution is -1.81. The summed E-state index contributed by atoms with van der Waals surface area (Å²) in [5, 5.41) is 5.17. The average Bonchev–Trinajstić information content (AvgIpc) is 2.39. The summed E-state index contributed by atoms with van der Waals surface area (Å²) in [5.41, 5.74) is 1.23. The highest BCUT2D eigenvalue weighted by molar-refractivity contribution is 6.10. The molecular weight excluding hydrogens is 204 g/mol. The third kappa shape index (κ3) is 1.62. The molecule has 0 saturated carbocycles. The van der Waals surface area contributed by atoms with E-state index in [0.717, 1.165) is 0 Å². The minimum atomic E-state index is 1.23. The SMILES string of the molecule is [CH2]/C=C/c1cc2ccccc2c2ccccc12. The van der Waals surface area contributed by atoms with Crippen molar-refractivity contribution >= 4 is 27.6 Å².